The number of phenolic OH excluding ortho intramolecular Hbond substituents is 7. The first-order valence-electron chi connectivity index (χ1n) is 19.9. The van der Waals surface area contributed by atoms with Gasteiger partial charge in [0.1, 0.15) is 46.0 Å². The lowest BCUT2D eigenvalue weighted by molar-refractivity contribution is 0.399. The van der Waals surface area contributed by atoms with Gasteiger partial charge in [0.2, 0.25) is 0 Å². The van der Waals surface area contributed by atoms with Gasteiger partial charge in [-0.25, -0.2) is 0 Å². The Morgan fingerprint density at radius 2 is 0.492 bits per heavy atom. The summed E-state index contributed by atoms with van der Waals surface area (Å²) < 4.78 is 6.00. The van der Waals surface area contributed by atoms with E-state index in [-0.39, 0.29) is 40.2 Å². The van der Waals surface area contributed by atoms with Crippen LogP contribution in [-0.4, -0.2) is 42.9 Å². The van der Waals surface area contributed by atoms with Crippen LogP contribution in [0.3, 0.4) is 0 Å². The molecule has 8 bridgehead atoms. The van der Waals surface area contributed by atoms with E-state index in [1.807, 2.05) is 127 Å². The fraction of sp³-hybridized carbons (Fsp3) is 0.0943. The quantitative estimate of drug-likeness (QED) is 0.0908. The predicted molar refractivity (Wildman–Crippen MR) is 234 cm³/mol. The Hall–Kier alpha value is -7.84. The van der Waals surface area contributed by atoms with E-state index in [4.69, 9.17) is 4.74 Å². The summed E-state index contributed by atoms with van der Waals surface area (Å²) in [6, 6.07) is 49.8. The van der Waals surface area contributed by atoms with Crippen molar-refractivity contribution < 1.29 is 40.5 Å². The minimum Gasteiger partial charge on any atom is -0.507 e. The van der Waals surface area contributed by atoms with Gasteiger partial charge in [0.05, 0.1) is 7.11 Å². The number of methoxy groups -OCH3 is 1. The van der Waals surface area contributed by atoms with Gasteiger partial charge in [-0.15, -0.1) is 0 Å². The molecule has 61 heavy (non-hydrogen) atoms. The van der Waals surface area contributed by atoms with Gasteiger partial charge in [0, 0.05) is 92.4 Å². The molecule has 8 heteroatoms. The molecule has 9 rings (SSSR count). The number of hydrogen-bond acceptors (Lipinski definition) is 8. The van der Waals surface area contributed by atoms with Gasteiger partial charge in [-0.1, -0.05) is 121 Å². The molecular formula is C53H42O8. The summed E-state index contributed by atoms with van der Waals surface area (Å²) in [5, 5.41) is 83.5. The fourth-order valence-corrected chi connectivity index (χ4v) is 9.15. The highest BCUT2D eigenvalue weighted by Gasteiger charge is 2.35. The standard InChI is InChI=1S/C53H42O8/c1-61-49-29-48(60)40-25-41(49)53(33-20-12-5-13-21-33)39-24-38(46(58)28-47(39)59)51(31-16-8-3-9-17-31)35-22-34(42(54)26-43(35)55)50(30-14-6-2-7-15-30)36-23-37(45(57)27-44(36)56)52(40)32-18-10-4-11-19-32/h2-29,50-60H,1H3. The first-order valence-corrected chi connectivity index (χ1v) is 19.9. The van der Waals surface area contributed by atoms with Crippen molar-refractivity contribution in [2.45, 2.75) is 23.7 Å². The molecule has 0 aliphatic heterocycles. The second-order valence-electron chi connectivity index (χ2n) is 15.4. The third-order valence-electron chi connectivity index (χ3n) is 11.9. The number of phenols is 7. The minimum absolute atomic E-state index is 0.128. The second kappa shape index (κ2) is 15.7. The normalized spacial score (nSPS) is 17.1. The van der Waals surface area contributed by atoms with Crippen LogP contribution in [0.25, 0.3) is 0 Å². The lowest BCUT2D eigenvalue weighted by atomic mass is 9.75. The zero-order chi connectivity index (χ0) is 42.4. The summed E-state index contributed by atoms with van der Waals surface area (Å²) >= 11 is 0. The molecular weight excluding hydrogens is 765 g/mol. The van der Waals surface area contributed by atoms with Crippen molar-refractivity contribution in [2.75, 3.05) is 7.11 Å². The molecule has 0 aromatic heterocycles. The molecule has 0 saturated heterocycles. The molecule has 7 N–H and O–H groups in total. The van der Waals surface area contributed by atoms with Crippen molar-refractivity contribution in [2.24, 2.45) is 0 Å². The molecule has 4 unspecified atom stereocenters. The van der Waals surface area contributed by atoms with Gasteiger partial charge in [-0.05, 0) is 46.5 Å². The topological polar surface area (TPSA) is 151 Å². The lowest BCUT2D eigenvalue weighted by Gasteiger charge is -2.30. The van der Waals surface area contributed by atoms with Crippen LogP contribution in [0.1, 0.15) is 90.4 Å². The van der Waals surface area contributed by atoms with Gasteiger partial charge in [0.25, 0.3) is 0 Å². The third kappa shape index (κ3) is 6.88. The maximum absolute atomic E-state index is 12.1. The molecule has 0 radical (unpaired) electrons. The summed E-state index contributed by atoms with van der Waals surface area (Å²) in [7, 11) is 1.50. The molecule has 8 aromatic carbocycles. The lowest BCUT2D eigenvalue weighted by Crippen LogP contribution is -2.13. The SMILES string of the molecule is COc1cc(O)c2cc1C(c1ccccc1)c1cc(c(O)cc1O)C(c1ccccc1)c1cc(c(O)cc1O)C(c1ccccc1)c1cc(c(O)cc1O)C2c1ccccc1. The van der Waals surface area contributed by atoms with Crippen LogP contribution in [-0.2, 0) is 0 Å². The molecule has 0 heterocycles. The number of benzene rings is 8. The summed E-state index contributed by atoms with van der Waals surface area (Å²) in [6.45, 7) is 0. The van der Waals surface area contributed by atoms with Crippen LogP contribution in [0.4, 0.5) is 0 Å². The van der Waals surface area contributed by atoms with Crippen LogP contribution in [0, 0.1) is 0 Å². The van der Waals surface area contributed by atoms with Gasteiger partial charge in [0.15, 0.2) is 0 Å². The zero-order valence-electron chi connectivity index (χ0n) is 33.0. The summed E-state index contributed by atoms with van der Waals surface area (Å²) in [4.78, 5) is 0. The van der Waals surface area contributed by atoms with E-state index < -0.39 is 23.7 Å². The first-order chi connectivity index (χ1) is 29.6. The van der Waals surface area contributed by atoms with Crippen LogP contribution in [0.5, 0.6) is 46.0 Å². The molecule has 8 aromatic rings. The largest absolute Gasteiger partial charge is 0.507 e. The summed E-state index contributed by atoms with van der Waals surface area (Å²) in [5.74, 6) is -4.56. The number of fused-ring (bicyclic) bond motifs is 8. The van der Waals surface area contributed by atoms with Crippen LogP contribution in [0.15, 0.2) is 170 Å². The molecule has 0 spiro atoms. The Morgan fingerprint density at radius 3 is 0.738 bits per heavy atom. The van der Waals surface area contributed by atoms with Gasteiger partial charge in [-0.2, -0.15) is 0 Å². The van der Waals surface area contributed by atoms with Crippen molar-refractivity contribution >= 4 is 0 Å². The minimum atomic E-state index is -0.868. The van der Waals surface area contributed by atoms with Gasteiger partial charge >= 0.3 is 0 Å². The Bertz CT molecular complexity index is 2880. The summed E-state index contributed by atoms with van der Waals surface area (Å²) in [5.41, 5.74) is 5.90. The molecule has 8 nitrogen and oxygen atoms in total. The smallest absolute Gasteiger partial charge is 0.126 e. The highest BCUT2D eigenvalue weighted by Crippen LogP contribution is 2.53. The first kappa shape index (κ1) is 38.7. The third-order valence-corrected chi connectivity index (χ3v) is 11.9. The van der Waals surface area contributed by atoms with Crippen LogP contribution < -0.4 is 4.74 Å². The average molecular weight is 807 g/mol. The van der Waals surface area contributed by atoms with E-state index in [9.17, 15) is 35.7 Å². The molecule has 1 aliphatic carbocycles. The second-order valence-corrected chi connectivity index (χ2v) is 15.4. The molecule has 0 saturated carbocycles. The molecule has 0 fully saturated rings. The van der Waals surface area contributed by atoms with E-state index in [1.165, 1.54) is 31.4 Å². The van der Waals surface area contributed by atoms with E-state index in [0.717, 1.165) is 5.56 Å². The van der Waals surface area contributed by atoms with E-state index in [1.54, 1.807) is 18.2 Å². The molecule has 4 atom stereocenters. The maximum atomic E-state index is 12.1. The van der Waals surface area contributed by atoms with Crippen molar-refractivity contribution in [1.82, 2.24) is 0 Å². The zero-order valence-corrected chi connectivity index (χ0v) is 33.0. The Labute approximate surface area is 352 Å². The number of hydrogen-bond donors (Lipinski definition) is 7. The number of aromatic hydroxyl groups is 7. The molecule has 1 aliphatic rings. The van der Waals surface area contributed by atoms with E-state index >= 15 is 0 Å². The van der Waals surface area contributed by atoms with E-state index in [2.05, 4.69) is 0 Å². The number of rotatable bonds is 5. The van der Waals surface area contributed by atoms with Gasteiger partial charge in [-0.3, -0.25) is 0 Å². The van der Waals surface area contributed by atoms with Gasteiger partial charge < -0.3 is 40.5 Å². The van der Waals surface area contributed by atoms with Crippen molar-refractivity contribution in [3.63, 3.8) is 0 Å². The number of ether oxygens (including phenoxy) is 1. The molecule has 302 valence electrons. The Morgan fingerprint density at radius 1 is 0.279 bits per heavy atom. The van der Waals surface area contributed by atoms with Crippen LogP contribution >= 0.6 is 0 Å². The average Bonchev–Trinajstić information content (AvgIpc) is 3.27. The maximum Gasteiger partial charge on any atom is 0.126 e. The van der Waals surface area contributed by atoms with Crippen molar-refractivity contribution in [3.8, 4) is 46.0 Å². The van der Waals surface area contributed by atoms with Crippen LogP contribution in [0.2, 0.25) is 0 Å². The monoisotopic (exact) mass is 806 g/mol. The van der Waals surface area contributed by atoms with E-state index in [0.29, 0.717) is 66.9 Å². The highest BCUT2D eigenvalue weighted by atomic mass is 16.5. The fourth-order valence-electron chi connectivity index (χ4n) is 9.15. The summed E-state index contributed by atoms with van der Waals surface area (Å²) in [6.07, 6.45) is 0. The predicted octanol–water partition coefficient (Wildman–Crippen LogP) is 10.7. The highest BCUT2D eigenvalue weighted by molar-refractivity contribution is 5.67. The Kier molecular flexibility index (Phi) is 9.97. The van der Waals surface area contributed by atoms with Crippen molar-refractivity contribution in [1.29, 1.82) is 0 Å². The van der Waals surface area contributed by atoms with Crippen molar-refractivity contribution in [3.05, 3.63) is 237 Å². The Balaban J connectivity index is 1.48. The molecule has 0 amide bonds.